The van der Waals surface area contributed by atoms with Gasteiger partial charge >= 0.3 is 5.97 Å². The smallest absolute Gasteiger partial charge is 0.303 e. The number of carbonyl (C=O) groups is 1. The number of nitrogens with zero attached hydrogens (tertiary/aromatic N) is 1. The third kappa shape index (κ3) is 5.60. The molecule has 7 heteroatoms. The molecule has 134 valence electrons. The first-order valence-corrected chi connectivity index (χ1v) is 8.22. The van der Waals surface area contributed by atoms with Crippen LogP contribution in [0, 0.1) is 5.82 Å². The number of carboxylic acids is 1. The van der Waals surface area contributed by atoms with Crippen molar-refractivity contribution in [2.45, 2.75) is 32.8 Å². The van der Waals surface area contributed by atoms with Crippen molar-refractivity contribution in [1.82, 2.24) is 4.98 Å². The Bertz CT molecular complexity index is 729. The van der Waals surface area contributed by atoms with Crippen LogP contribution in [0.3, 0.4) is 0 Å². The minimum atomic E-state index is -0.930. The van der Waals surface area contributed by atoms with Gasteiger partial charge in [0.15, 0.2) is 11.6 Å². The standard InChI is InChI=1S/C18H19ClFNO4/c1-11(2)25-16-6-3-5-15(21-16)12-9-13(19)18(14(20)10-12)24-8-4-7-17(22)23/h3,5-6,9-11H,4,7-8H2,1-2H3,(H,22,23). The lowest BCUT2D eigenvalue weighted by Crippen LogP contribution is -2.07. The lowest BCUT2D eigenvalue weighted by molar-refractivity contribution is -0.137. The highest BCUT2D eigenvalue weighted by atomic mass is 35.5. The van der Waals surface area contributed by atoms with Gasteiger partial charge in [-0.05, 0) is 38.5 Å². The predicted molar refractivity (Wildman–Crippen MR) is 92.8 cm³/mol. The van der Waals surface area contributed by atoms with Crippen molar-refractivity contribution in [3.8, 4) is 22.9 Å². The zero-order valence-corrected chi connectivity index (χ0v) is 14.7. The molecule has 1 heterocycles. The first kappa shape index (κ1) is 19.0. The van der Waals surface area contributed by atoms with Gasteiger partial charge < -0.3 is 14.6 Å². The third-order valence-corrected chi connectivity index (χ3v) is 3.44. The molecule has 0 aliphatic heterocycles. The topological polar surface area (TPSA) is 68.7 Å². The molecule has 2 aromatic rings. The van der Waals surface area contributed by atoms with Crippen LogP contribution in [-0.2, 0) is 4.79 Å². The maximum atomic E-state index is 14.3. The van der Waals surface area contributed by atoms with Crippen LogP contribution in [-0.4, -0.2) is 28.8 Å². The van der Waals surface area contributed by atoms with E-state index >= 15 is 0 Å². The Kier molecular flexibility index (Phi) is 6.58. The number of carboxylic acid groups (broad SMARTS) is 1. The van der Waals surface area contributed by atoms with Crippen molar-refractivity contribution in [3.63, 3.8) is 0 Å². The molecular formula is C18H19ClFNO4. The third-order valence-electron chi connectivity index (χ3n) is 3.16. The summed E-state index contributed by atoms with van der Waals surface area (Å²) in [6.07, 6.45) is 0.192. The zero-order chi connectivity index (χ0) is 18.4. The van der Waals surface area contributed by atoms with E-state index in [9.17, 15) is 9.18 Å². The molecule has 25 heavy (non-hydrogen) atoms. The van der Waals surface area contributed by atoms with E-state index in [4.69, 9.17) is 26.2 Å². The van der Waals surface area contributed by atoms with Crippen LogP contribution >= 0.6 is 11.6 Å². The van der Waals surface area contributed by atoms with Crippen LogP contribution in [0.25, 0.3) is 11.3 Å². The lowest BCUT2D eigenvalue weighted by atomic mass is 10.1. The minimum absolute atomic E-state index is 0.0235. The molecule has 1 aromatic heterocycles. The lowest BCUT2D eigenvalue weighted by Gasteiger charge is -2.12. The highest BCUT2D eigenvalue weighted by Crippen LogP contribution is 2.33. The summed E-state index contributed by atoms with van der Waals surface area (Å²) in [5, 5.41) is 8.69. The first-order chi connectivity index (χ1) is 11.9. The first-order valence-electron chi connectivity index (χ1n) is 7.84. The molecule has 0 saturated heterocycles. The number of halogens is 2. The van der Waals surface area contributed by atoms with Crippen molar-refractivity contribution in [1.29, 1.82) is 0 Å². The minimum Gasteiger partial charge on any atom is -0.489 e. The Labute approximate surface area is 150 Å². The highest BCUT2D eigenvalue weighted by Gasteiger charge is 2.14. The number of pyridine rings is 1. The summed E-state index contributed by atoms with van der Waals surface area (Å²) in [5.41, 5.74) is 1.02. The molecule has 0 radical (unpaired) electrons. The Morgan fingerprint density at radius 2 is 2.12 bits per heavy atom. The predicted octanol–water partition coefficient (Wildman–Crippen LogP) is 4.57. The summed E-state index contributed by atoms with van der Waals surface area (Å²) in [5.74, 6) is -1.21. The molecule has 0 atom stereocenters. The molecule has 0 bridgehead atoms. The fourth-order valence-electron chi connectivity index (χ4n) is 2.13. The molecule has 0 aliphatic rings. The molecule has 0 spiro atoms. The van der Waals surface area contributed by atoms with E-state index in [0.29, 0.717) is 17.1 Å². The molecule has 2 rings (SSSR count). The average molecular weight is 368 g/mol. The maximum absolute atomic E-state index is 14.3. The van der Waals surface area contributed by atoms with Crippen molar-refractivity contribution in [3.05, 3.63) is 41.2 Å². The number of hydrogen-bond donors (Lipinski definition) is 1. The SMILES string of the molecule is CC(C)Oc1cccc(-c2cc(F)c(OCCCC(=O)O)c(Cl)c2)n1. The van der Waals surface area contributed by atoms with E-state index in [1.54, 1.807) is 24.3 Å². The van der Waals surface area contributed by atoms with E-state index in [1.807, 2.05) is 13.8 Å². The molecule has 0 fully saturated rings. The normalized spacial score (nSPS) is 10.8. The summed E-state index contributed by atoms with van der Waals surface area (Å²) >= 11 is 6.11. The van der Waals surface area contributed by atoms with Gasteiger partial charge in [-0.2, -0.15) is 0 Å². The molecule has 1 N–H and O–H groups in total. The Morgan fingerprint density at radius 1 is 1.36 bits per heavy atom. The fraction of sp³-hybridized carbons (Fsp3) is 0.333. The Hall–Kier alpha value is -2.34. The Balaban J connectivity index is 2.17. The van der Waals surface area contributed by atoms with Crippen LogP contribution in [0.4, 0.5) is 4.39 Å². The quantitative estimate of drug-likeness (QED) is 0.692. The molecule has 0 unspecified atom stereocenters. The summed E-state index contributed by atoms with van der Waals surface area (Å²) < 4.78 is 25.1. The van der Waals surface area contributed by atoms with Gasteiger partial charge in [-0.15, -0.1) is 0 Å². The van der Waals surface area contributed by atoms with E-state index in [2.05, 4.69) is 4.98 Å². The van der Waals surface area contributed by atoms with Gasteiger partial charge in [0, 0.05) is 18.1 Å². The van der Waals surface area contributed by atoms with Gasteiger partial charge in [-0.3, -0.25) is 4.79 Å². The molecule has 0 amide bonds. The van der Waals surface area contributed by atoms with Crippen LogP contribution in [0.15, 0.2) is 30.3 Å². The molecule has 0 saturated carbocycles. The molecule has 0 aliphatic carbocycles. The van der Waals surface area contributed by atoms with Crippen molar-refractivity contribution >= 4 is 17.6 Å². The van der Waals surface area contributed by atoms with Gasteiger partial charge in [0.2, 0.25) is 5.88 Å². The molecular weight excluding hydrogens is 349 g/mol. The van der Waals surface area contributed by atoms with E-state index in [-0.39, 0.29) is 36.3 Å². The largest absolute Gasteiger partial charge is 0.489 e. The number of aliphatic carboxylic acids is 1. The Morgan fingerprint density at radius 3 is 2.76 bits per heavy atom. The maximum Gasteiger partial charge on any atom is 0.303 e. The number of rotatable bonds is 8. The van der Waals surface area contributed by atoms with Crippen LogP contribution in [0.1, 0.15) is 26.7 Å². The van der Waals surface area contributed by atoms with Crippen LogP contribution in [0.5, 0.6) is 11.6 Å². The second kappa shape index (κ2) is 8.67. The summed E-state index contributed by atoms with van der Waals surface area (Å²) in [7, 11) is 0. The van der Waals surface area contributed by atoms with E-state index in [1.165, 1.54) is 6.07 Å². The van der Waals surface area contributed by atoms with Gasteiger partial charge in [-0.1, -0.05) is 17.7 Å². The van der Waals surface area contributed by atoms with Crippen molar-refractivity contribution < 1.29 is 23.8 Å². The van der Waals surface area contributed by atoms with Crippen LogP contribution in [0.2, 0.25) is 5.02 Å². The summed E-state index contributed by atoms with van der Waals surface area (Å²) in [6, 6.07) is 8.05. The summed E-state index contributed by atoms with van der Waals surface area (Å²) in [4.78, 5) is 14.8. The molecule has 5 nitrogen and oxygen atoms in total. The van der Waals surface area contributed by atoms with Gasteiger partial charge in [0.25, 0.3) is 0 Å². The monoisotopic (exact) mass is 367 g/mol. The summed E-state index contributed by atoms with van der Waals surface area (Å²) in [6.45, 7) is 3.85. The van der Waals surface area contributed by atoms with Gasteiger partial charge in [0.05, 0.1) is 23.4 Å². The molecule has 1 aromatic carbocycles. The number of benzene rings is 1. The number of hydrogen-bond acceptors (Lipinski definition) is 4. The van der Waals surface area contributed by atoms with Crippen molar-refractivity contribution in [2.24, 2.45) is 0 Å². The van der Waals surface area contributed by atoms with E-state index in [0.717, 1.165) is 0 Å². The van der Waals surface area contributed by atoms with E-state index < -0.39 is 11.8 Å². The van der Waals surface area contributed by atoms with Crippen molar-refractivity contribution in [2.75, 3.05) is 6.61 Å². The fourth-order valence-corrected chi connectivity index (χ4v) is 2.39. The zero-order valence-electron chi connectivity index (χ0n) is 14.0. The number of ether oxygens (including phenoxy) is 2. The second-order valence-corrected chi connectivity index (χ2v) is 6.05. The highest BCUT2D eigenvalue weighted by molar-refractivity contribution is 6.32. The average Bonchev–Trinajstić information content (AvgIpc) is 2.52. The van der Waals surface area contributed by atoms with Crippen LogP contribution < -0.4 is 9.47 Å². The second-order valence-electron chi connectivity index (χ2n) is 5.64. The number of aromatic nitrogens is 1. The van der Waals surface area contributed by atoms with Gasteiger partial charge in [-0.25, -0.2) is 9.37 Å². The van der Waals surface area contributed by atoms with Gasteiger partial charge in [0.1, 0.15) is 0 Å².